The lowest BCUT2D eigenvalue weighted by Gasteiger charge is -2.41. The number of aromatic nitrogens is 2. The molecule has 0 bridgehead atoms. The van der Waals surface area contributed by atoms with E-state index in [-0.39, 0.29) is 17.0 Å². The summed E-state index contributed by atoms with van der Waals surface area (Å²) in [7, 11) is -3.62. The molecule has 3 N–H and O–H groups in total. The molecule has 0 aliphatic heterocycles. The van der Waals surface area contributed by atoms with Crippen molar-refractivity contribution in [2.24, 2.45) is 11.3 Å². The molecule has 1 saturated carbocycles. The lowest BCUT2D eigenvalue weighted by Crippen LogP contribution is -2.46. The molecule has 0 saturated heterocycles. The normalized spacial score (nSPS) is 27.7. The third-order valence-corrected chi connectivity index (χ3v) is 5.82. The van der Waals surface area contributed by atoms with Crippen molar-refractivity contribution in [3.05, 3.63) is 12.5 Å². The Morgan fingerprint density at radius 2 is 2.05 bits per heavy atom. The quantitative estimate of drug-likeness (QED) is 0.787. The number of hydrogen-bond acceptors (Lipinski definition) is 4. The van der Waals surface area contributed by atoms with Gasteiger partial charge in [0.2, 0.25) is 0 Å². The highest BCUT2D eigenvalue weighted by molar-refractivity contribution is 7.89. The number of rotatable bonds is 4. The predicted molar refractivity (Wildman–Crippen MR) is 80.1 cm³/mol. The van der Waals surface area contributed by atoms with E-state index in [2.05, 4.69) is 35.5 Å². The molecule has 0 atom stereocenters. The molecule has 1 aromatic rings. The van der Waals surface area contributed by atoms with Crippen LogP contribution in [0.25, 0.3) is 0 Å². The average Bonchev–Trinajstić information content (AvgIpc) is 2.91. The summed E-state index contributed by atoms with van der Waals surface area (Å²) in [6.07, 6.45) is 5.67. The molecule has 1 aromatic heterocycles. The monoisotopic (exact) mass is 315 g/mol. The van der Waals surface area contributed by atoms with Crippen molar-refractivity contribution in [2.75, 3.05) is 6.54 Å². The lowest BCUT2D eigenvalue weighted by atomic mass is 9.68. The summed E-state index contributed by atoms with van der Waals surface area (Å²) in [5.74, 6) is 0.571. The first-order chi connectivity index (χ1) is 9.62. The van der Waals surface area contributed by atoms with Crippen LogP contribution in [0.1, 0.15) is 46.5 Å². The van der Waals surface area contributed by atoms with Gasteiger partial charge in [-0.1, -0.05) is 20.8 Å². The molecular formula is C14H25N3O3S. The standard InChI is InChI=1S/C14H25N3O3S/c1-13(2,3)11-4-6-14(18,7-5-11)9-17-21(19,20)12-8-15-10-16-12/h8,10-11,17-18H,4-7,9H2,1-3H3,(H,15,16). The fourth-order valence-corrected chi connectivity index (χ4v) is 3.92. The van der Waals surface area contributed by atoms with Crippen LogP contribution in [0, 0.1) is 11.3 Å². The SMILES string of the molecule is CC(C)(C)C1CCC(O)(CNS(=O)(=O)c2cnc[nH]2)CC1. The number of aliphatic hydroxyl groups is 1. The second kappa shape index (κ2) is 5.70. The van der Waals surface area contributed by atoms with Crippen LogP contribution in [-0.4, -0.2) is 35.6 Å². The van der Waals surface area contributed by atoms with Gasteiger partial charge in [-0.05, 0) is 37.0 Å². The van der Waals surface area contributed by atoms with Crippen molar-refractivity contribution in [3.8, 4) is 0 Å². The zero-order valence-corrected chi connectivity index (χ0v) is 13.7. The van der Waals surface area contributed by atoms with E-state index >= 15 is 0 Å². The lowest BCUT2D eigenvalue weighted by molar-refractivity contribution is -0.0201. The van der Waals surface area contributed by atoms with E-state index in [1.807, 2.05) is 0 Å². The Morgan fingerprint density at radius 1 is 1.43 bits per heavy atom. The van der Waals surface area contributed by atoms with Crippen molar-refractivity contribution in [2.45, 2.75) is 57.1 Å². The Kier molecular flexibility index (Phi) is 4.46. The van der Waals surface area contributed by atoms with Gasteiger partial charge in [0, 0.05) is 6.54 Å². The first kappa shape index (κ1) is 16.5. The Labute approximate surface area is 126 Å². The van der Waals surface area contributed by atoms with Gasteiger partial charge in [0.1, 0.15) is 0 Å². The van der Waals surface area contributed by atoms with E-state index in [0.717, 1.165) is 12.8 Å². The van der Waals surface area contributed by atoms with Gasteiger partial charge in [0.05, 0.1) is 18.1 Å². The minimum absolute atomic E-state index is 0.0227. The van der Waals surface area contributed by atoms with Gasteiger partial charge in [-0.3, -0.25) is 0 Å². The number of sulfonamides is 1. The maximum atomic E-state index is 12.0. The molecule has 1 fully saturated rings. The number of nitrogens with zero attached hydrogens (tertiary/aromatic N) is 1. The molecule has 21 heavy (non-hydrogen) atoms. The molecule has 0 spiro atoms. The Morgan fingerprint density at radius 3 is 2.52 bits per heavy atom. The van der Waals surface area contributed by atoms with Crippen LogP contribution >= 0.6 is 0 Å². The van der Waals surface area contributed by atoms with Crippen molar-refractivity contribution < 1.29 is 13.5 Å². The van der Waals surface area contributed by atoms with Crippen LogP contribution in [0.3, 0.4) is 0 Å². The van der Waals surface area contributed by atoms with E-state index < -0.39 is 15.6 Å². The summed E-state index contributed by atoms with van der Waals surface area (Å²) < 4.78 is 26.5. The highest BCUT2D eigenvalue weighted by atomic mass is 32.2. The van der Waals surface area contributed by atoms with Crippen molar-refractivity contribution in [1.82, 2.24) is 14.7 Å². The summed E-state index contributed by atoms with van der Waals surface area (Å²) in [4.78, 5) is 6.26. The van der Waals surface area contributed by atoms with Gasteiger partial charge >= 0.3 is 0 Å². The van der Waals surface area contributed by atoms with Crippen LogP contribution in [-0.2, 0) is 10.0 Å². The zero-order chi connectivity index (χ0) is 15.7. The molecule has 0 unspecified atom stereocenters. The first-order valence-corrected chi connectivity index (χ1v) is 8.81. The van der Waals surface area contributed by atoms with Crippen LogP contribution in [0.15, 0.2) is 17.6 Å². The largest absolute Gasteiger partial charge is 0.389 e. The third-order valence-electron chi connectivity index (χ3n) is 4.49. The summed E-state index contributed by atoms with van der Waals surface area (Å²) in [5, 5.41) is 10.6. The Balaban J connectivity index is 1.92. The third kappa shape index (κ3) is 4.05. The first-order valence-electron chi connectivity index (χ1n) is 7.33. The smallest absolute Gasteiger partial charge is 0.257 e. The van der Waals surface area contributed by atoms with Gasteiger partial charge in [-0.25, -0.2) is 18.1 Å². The fourth-order valence-electron chi connectivity index (χ4n) is 2.90. The van der Waals surface area contributed by atoms with Crippen LogP contribution < -0.4 is 4.72 Å². The minimum atomic E-state index is -3.62. The number of hydrogen-bond donors (Lipinski definition) is 3. The van der Waals surface area contributed by atoms with Crippen molar-refractivity contribution in [3.63, 3.8) is 0 Å². The molecular weight excluding hydrogens is 290 g/mol. The second-order valence-corrected chi connectivity index (χ2v) is 8.84. The Bertz CT molecular complexity index is 553. The highest BCUT2D eigenvalue weighted by Gasteiger charge is 2.38. The fraction of sp³-hybridized carbons (Fsp3) is 0.786. The topological polar surface area (TPSA) is 95.1 Å². The predicted octanol–water partition coefficient (Wildman–Crippen LogP) is 1.66. The number of imidazole rings is 1. The number of aromatic amines is 1. The molecule has 0 aromatic carbocycles. The minimum Gasteiger partial charge on any atom is -0.389 e. The van der Waals surface area contributed by atoms with Crippen LogP contribution in [0.5, 0.6) is 0 Å². The number of nitrogens with one attached hydrogen (secondary N) is 2. The van der Waals surface area contributed by atoms with Gasteiger partial charge in [0.25, 0.3) is 10.0 Å². The van der Waals surface area contributed by atoms with E-state index in [1.165, 1.54) is 12.5 Å². The van der Waals surface area contributed by atoms with E-state index in [4.69, 9.17) is 0 Å². The van der Waals surface area contributed by atoms with E-state index in [9.17, 15) is 13.5 Å². The molecule has 120 valence electrons. The van der Waals surface area contributed by atoms with Crippen LogP contribution in [0.4, 0.5) is 0 Å². The van der Waals surface area contributed by atoms with Crippen molar-refractivity contribution >= 4 is 10.0 Å². The molecule has 0 amide bonds. The highest BCUT2D eigenvalue weighted by Crippen LogP contribution is 2.41. The molecule has 1 heterocycles. The maximum Gasteiger partial charge on any atom is 0.257 e. The van der Waals surface area contributed by atoms with E-state index in [1.54, 1.807) is 0 Å². The van der Waals surface area contributed by atoms with E-state index in [0.29, 0.717) is 18.8 Å². The maximum absolute atomic E-state index is 12.0. The van der Waals surface area contributed by atoms with Gasteiger partial charge in [-0.15, -0.1) is 0 Å². The molecule has 7 heteroatoms. The summed E-state index contributed by atoms with van der Waals surface area (Å²) in [5.41, 5.74) is -0.717. The molecule has 0 radical (unpaired) electrons. The van der Waals surface area contributed by atoms with Gasteiger partial charge < -0.3 is 10.1 Å². The Hall–Kier alpha value is -0.920. The van der Waals surface area contributed by atoms with Crippen LogP contribution in [0.2, 0.25) is 0 Å². The summed E-state index contributed by atoms with van der Waals surface area (Å²) in [6, 6.07) is 0. The second-order valence-electron chi connectivity index (χ2n) is 7.11. The molecule has 6 nitrogen and oxygen atoms in total. The van der Waals surface area contributed by atoms with Crippen molar-refractivity contribution in [1.29, 1.82) is 0 Å². The van der Waals surface area contributed by atoms with Gasteiger partial charge in [-0.2, -0.15) is 0 Å². The molecule has 1 aliphatic rings. The summed E-state index contributed by atoms with van der Waals surface area (Å²) >= 11 is 0. The summed E-state index contributed by atoms with van der Waals surface area (Å²) in [6.45, 7) is 6.68. The zero-order valence-electron chi connectivity index (χ0n) is 12.9. The molecule has 2 rings (SSSR count). The number of H-pyrrole nitrogens is 1. The van der Waals surface area contributed by atoms with Gasteiger partial charge in [0.15, 0.2) is 5.03 Å². The molecule has 1 aliphatic carbocycles. The average molecular weight is 315 g/mol.